The predicted molar refractivity (Wildman–Crippen MR) is 294 cm³/mol. The Morgan fingerprint density at radius 1 is 0.824 bits per heavy atom. The van der Waals surface area contributed by atoms with E-state index in [4.69, 9.17) is 4.74 Å². The van der Waals surface area contributed by atoms with Crippen LogP contribution < -0.4 is 15.4 Å². The normalized spacial score (nSPS) is 16.9. The quantitative estimate of drug-likeness (QED) is 0.0324. The summed E-state index contributed by atoms with van der Waals surface area (Å²) in [6.45, 7) is 11.9. The second-order valence-corrected chi connectivity index (χ2v) is 23.0. The van der Waals surface area contributed by atoms with Crippen LogP contribution in [0.5, 0.6) is 17.2 Å². The van der Waals surface area contributed by atoms with Crippen molar-refractivity contribution < 1.29 is 39.2 Å². The van der Waals surface area contributed by atoms with Crippen molar-refractivity contribution in [2.24, 2.45) is 5.41 Å². The van der Waals surface area contributed by atoms with Crippen LogP contribution in [0.4, 0.5) is 0 Å². The van der Waals surface area contributed by atoms with E-state index >= 15 is 0 Å². The third kappa shape index (κ3) is 13.4. The number of nitrogens with zero attached hydrogens (tertiary/aromatic N) is 3. The molecule has 3 heterocycles. The standard InChI is InChI=1S/C59H71N5O8S2/c1-37(39-16-18-41(19-17-39)54-38(2)60-36-73-54)61-57(70)49-33-46(67)35-64(49)58(71)56(59(3,4)5)62-51(68)15-9-7-6-8-12-30-63(43-13-10-11-14-43)31-32-72-47-27-22-40(23-28-47)53(69)52-48-29-26-45(66)34-50(48)74-55(52)42-20-24-44(65)25-21-42/h16-29,34,36-37,43,46,49,56,65-67H,6-15,30-33,35H2,1-5H3,(H,61,70)(H,62,68)/t37-,46+,49-,56+/m0/s1. The molecule has 0 unspecified atom stereocenters. The molecular weight excluding hydrogens is 971 g/mol. The molecule has 2 fully saturated rings. The van der Waals surface area contributed by atoms with Crippen LogP contribution in [-0.4, -0.2) is 104 Å². The Balaban J connectivity index is 0.770. The molecule has 6 aromatic rings. The lowest BCUT2D eigenvalue weighted by Crippen LogP contribution is -2.57. The second-order valence-electron chi connectivity index (χ2n) is 21.1. The third-order valence-electron chi connectivity index (χ3n) is 14.5. The van der Waals surface area contributed by atoms with Gasteiger partial charge in [0.1, 0.15) is 35.9 Å². The van der Waals surface area contributed by atoms with Gasteiger partial charge in [-0.3, -0.25) is 24.1 Å². The number of aromatic hydroxyl groups is 2. The van der Waals surface area contributed by atoms with Crippen molar-refractivity contribution in [2.75, 3.05) is 26.2 Å². The summed E-state index contributed by atoms with van der Waals surface area (Å²) in [6, 6.07) is 25.6. The van der Waals surface area contributed by atoms with E-state index in [9.17, 15) is 34.5 Å². The lowest BCUT2D eigenvalue weighted by molar-refractivity contribution is -0.144. The fourth-order valence-corrected chi connectivity index (χ4v) is 12.4. The lowest BCUT2D eigenvalue weighted by atomic mass is 9.85. The molecular formula is C59H71N5O8S2. The molecule has 0 spiro atoms. The summed E-state index contributed by atoms with van der Waals surface area (Å²) in [5, 5.41) is 37.6. The number of thiophene rings is 1. The van der Waals surface area contributed by atoms with Gasteiger partial charge >= 0.3 is 0 Å². The number of nitrogens with one attached hydrogen (secondary N) is 2. The molecule has 392 valence electrons. The van der Waals surface area contributed by atoms with Gasteiger partial charge in [-0.2, -0.15) is 0 Å². The van der Waals surface area contributed by atoms with Gasteiger partial charge in [0.2, 0.25) is 17.7 Å². The van der Waals surface area contributed by atoms with Gasteiger partial charge in [-0.25, -0.2) is 4.98 Å². The van der Waals surface area contributed by atoms with E-state index in [1.165, 1.54) is 41.9 Å². The summed E-state index contributed by atoms with van der Waals surface area (Å²) in [5.41, 5.74) is 6.05. The smallest absolute Gasteiger partial charge is 0.246 e. The highest BCUT2D eigenvalue weighted by atomic mass is 32.1. The van der Waals surface area contributed by atoms with Crippen molar-refractivity contribution >= 4 is 56.3 Å². The first-order valence-corrected chi connectivity index (χ1v) is 27.9. The van der Waals surface area contributed by atoms with E-state index in [0.717, 1.165) is 81.0 Å². The van der Waals surface area contributed by atoms with Gasteiger partial charge in [0.25, 0.3) is 0 Å². The molecule has 1 aliphatic heterocycles. The number of carbonyl (C=O) groups excluding carboxylic acids is 4. The first kappa shape index (κ1) is 54.1. The van der Waals surface area contributed by atoms with E-state index in [1.54, 1.807) is 65.9 Å². The molecule has 1 saturated heterocycles. The summed E-state index contributed by atoms with van der Waals surface area (Å²) in [6.07, 6.45) is 9.06. The molecule has 0 bridgehead atoms. The highest BCUT2D eigenvalue weighted by Crippen LogP contribution is 2.42. The van der Waals surface area contributed by atoms with Crippen molar-refractivity contribution in [3.8, 4) is 38.1 Å². The maximum atomic E-state index is 14.2. The predicted octanol–water partition coefficient (Wildman–Crippen LogP) is 11.0. The maximum Gasteiger partial charge on any atom is 0.246 e. The van der Waals surface area contributed by atoms with Crippen LogP contribution in [0.3, 0.4) is 0 Å². The van der Waals surface area contributed by atoms with Gasteiger partial charge in [0.05, 0.1) is 28.2 Å². The van der Waals surface area contributed by atoms with Gasteiger partial charge in [-0.15, -0.1) is 22.7 Å². The summed E-state index contributed by atoms with van der Waals surface area (Å²) in [7, 11) is 0. The zero-order valence-electron chi connectivity index (χ0n) is 43.3. The molecule has 15 heteroatoms. The zero-order valence-corrected chi connectivity index (χ0v) is 44.9. The molecule has 2 aliphatic rings. The van der Waals surface area contributed by atoms with Gasteiger partial charge in [-0.1, -0.05) is 77.1 Å². The van der Waals surface area contributed by atoms with Crippen LogP contribution in [0, 0.1) is 12.3 Å². The molecule has 4 atom stereocenters. The molecule has 13 nitrogen and oxygen atoms in total. The number of aryl methyl sites for hydroxylation is 1. The monoisotopic (exact) mass is 1040 g/mol. The van der Waals surface area contributed by atoms with E-state index in [1.807, 2.05) is 76.5 Å². The average molecular weight is 1040 g/mol. The number of phenols is 2. The number of hydrogen-bond donors (Lipinski definition) is 5. The average Bonchev–Trinajstić information content (AvgIpc) is 4.22. The Labute approximate surface area is 443 Å². The molecule has 2 aromatic heterocycles. The molecule has 1 aliphatic carbocycles. The van der Waals surface area contributed by atoms with Crippen molar-refractivity contribution in [3.63, 3.8) is 0 Å². The SMILES string of the molecule is Cc1ncsc1-c1ccc([C@H](C)NC(=O)[C@@H]2C[C@@H](O)CN2C(=O)[C@@H](NC(=O)CCCCCCCN(CCOc2ccc(C(=O)c3c(-c4ccc(O)cc4)sc4cc(O)ccc34)cc2)C2CCCC2)C(C)(C)C)cc1. The molecule has 5 N–H and O–H groups in total. The van der Waals surface area contributed by atoms with Crippen LogP contribution >= 0.6 is 22.7 Å². The first-order chi connectivity index (χ1) is 35.5. The van der Waals surface area contributed by atoms with E-state index in [0.29, 0.717) is 42.4 Å². The van der Waals surface area contributed by atoms with Crippen molar-refractivity contribution in [2.45, 2.75) is 136 Å². The number of benzene rings is 4. The fraction of sp³-hybridized carbons (Fsp3) is 0.441. The number of ketones is 1. The Kier molecular flexibility index (Phi) is 17.9. The summed E-state index contributed by atoms with van der Waals surface area (Å²) in [4.78, 5) is 65.7. The molecule has 0 radical (unpaired) electrons. The van der Waals surface area contributed by atoms with Crippen LogP contribution in [0.2, 0.25) is 0 Å². The number of carbonyl (C=O) groups is 4. The van der Waals surface area contributed by atoms with Gasteiger partial charge in [0.15, 0.2) is 5.78 Å². The van der Waals surface area contributed by atoms with Crippen LogP contribution in [-0.2, 0) is 14.4 Å². The van der Waals surface area contributed by atoms with Crippen molar-refractivity contribution in [3.05, 3.63) is 119 Å². The Morgan fingerprint density at radius 2 is 1.49 bits per heavy atom. The molecule has 4 aromatic carbocycles. The number of fused-ring (bicyclic) bond motifs is 1. The number of aliphatic hydroxyl groups is 1. The number of aliphatic hydroxyl groups excluding tert-OH is 1. The fourth-order valence-electron chi connectivity index (χ4n) is 10.4. The van der Waals surface area contributed by atoms with Crippen molar-refractivity contribution in [1.29, 1.82) is 0 Å². The number of phenolic OH excluding ortho intramolecular Hbond substituents is 2. The Bertz CT molecular complexity index is 2870. The topological polar surface area (TPSA) is 182 Å². The van der Waals surface area contributed by atoms with Gasteiger partial charge in [-0.05, 0) is 135 Å². The molecule has 1 saturated carbocycles. The lowest BCUT2D eigenvalue weighted by Gasteiger charge is -2.35. The van der Waals surface area contributed by atoms with E-state index in [-0.39, 0.29) is 54.0 Å². The number of amides is 3. The molecule has 8 rings (SSSR count). The van der Waals surface area contributed by atoms with Gasteiger partial charge < -0.3 is 35.6 Å². The van der Waals surface area contributed by atoms with E-state index in [2.05, 4.69) is 20.5 Å². The minimum atomic E-state index is -0.869. The maximum absolute atomic E-state index is 14.2. The largest absolute Gasteiger partial charge is 0.508 e. The third-order valence-corrected chi connectivity index (χ3v) is 16.7. The molecule has 3 amide bonds. The summed E-state index contributed by atoms with van der Waals surface area (Å²) in [5.74, 6) is -0.0528. The second kappa shape index (κ2) is 24.5. The summed E-state index contributed by atoms with van der Waals surface area (Å²) >= 11 is 3.02. The van der Waals surface area contributed by atoms with Gasteiger partial charge in [0, 0.05) is 58.1 Å². The number of β-amino-alcohol motifs (C(OH)–C–C–N with tert-alkyl or cyclic N) is 1. The number of unbranched alkanes of at least 4 members (excludes halogenated alkanes) is 4. The minimum Gasteiger partial charge on any atom is -0.508 e. The Hall–Kier alpha value is -6.13. The van der Waals surface area contributed by atoms with Crippen molar-refractivity contribution in [1.82, 2.24) is 25.4 Å². The number of likely N-dealkylation sites (tertiary alicyclic amines) is 1. The summed E-state index contributed by atoms with van der Waals surface area (Å²) < 4.78 is 7.06. The van der Waals surface area contributed by atoms with Crippen LogP contribution in [0.15, 0.2) is 96.5 Å². The number of hydrogen-bond acceptors (Lipinski definition) is 12. The number of ether oxygens (including phenoxy) is 1. The van der Waals surface area contributed by atoms with Crippen LogP contribution in [0.25, 0.3) is 31.0 Å². The van der Waals surface area contributed by atoms with E-state index < -0.39 is 23.6 Å². The number of rotatable bonds is 22. The molecule has 74 heavy (non-hydrogen) atoms. The minimum absolute atomic E-state index is 0.0219. The number of thiazole rings is 1. The highest BCUT2D eigenvalue weighted by Gasteiger charge is 2.44. The zero-order chi connectivity index (χ0) is 52.5. The van der Waals surface area contributed by atoms with Crippen LogP contribution in [0.1, 0.15) is 132 Å². The first-order valence-electron chi connectivity index (χ1n) is 26.2. The number of aromatic nitrogens is 1. The Morgan fingerprint density at radius 3 is 2.18 bits per heavy atom. The highest BCUT2D eigenvalue weighted by molar-refractivity contribution is 7.22.